The summed E-state index contributed by atoms with van der Waals surface area (Å²) in [6.07, 6.45) is 0. The van der Waals surface area contributed by atoms with Crippen molar-refractivity contribution in [1.29, 1.82) is 0 Å². The van der Waals surface area contributed by atoms with Crippen molar-refractivity contribution >= 4 is 24.3 Å². The summed E-state index contributed by atoms with van der Waals surface area (Å²) >= 11 is 1.74. The Morgan fingerprint density at radius 2 is 1.78 bits per heavy atom. The summed E-state index contributed by atoms with van der Waals surface area (Å²) in [6.45, 7) is 2.07. The SMILES string of the molecule is Cc1ccc(SCc2cccc(B(O)O)c2)cc1. The number of rotatable bonds is 4. The number of aryl methyl sites for hydroxylation is 1. The first kappa shape index (κ1) is 13.2. The van der Waals surface area contributed by atoms with Crippen molar-refractivity contribution in [3.63, 3.8) is 0 Å². The molecule has 4 heteroatoms. The maximum Gasteiger partial charge on any atom is 0.488 e. The third-order valence-corrected chi connectivity index (χ3v) is 3.76. The first-order chi connectivity index (χ1) is 8.65. The molecule has 0 saturated carbocycles. The Morgan fingerprint density at radius 1 is 1.06 bits per heavy atom. The Morgan fingerprint density at radius 3 is 2.44 bits per heavy atom. The first-order valence-electron chi connectivity index (χ1n) is 5.79. The molecule has 0 bridgehead atoms. The van der Waals surface area contributed by atoms with Crippen LogP contribution in [0.1, 0.15) is 11.1 Å². The first-order valence-corrected chi connectivity index (χ1v) is 6.78. The van der Waals surface area contributed by atoms with Crippen molar-refractivity contribution in [3.8, 4) is 0 Å². The Balaban J connectivity index is 2.01. The van der Waals surface area contributed by atoms with E-state index in [4.69, 9.17) is 10.0 Å². The molecule has 18 heavy (non-hydrogen) atoms. The molecule has 0 heterocycles. The summed E-state index contributed by atoms with van der Waals surface area (Å²) in [5, 5.41) is 18.2. The zero-order valence-electron chi connectivity index (χ0n) is 10.2. The quantitative estimate of drug-likeness (QED) is 0.650. The Labute approximate surface area is 112 Å². The molecule has 0 unspecified atom stereocenters. The van der Waals surface area contributed by atoms with Crippen molar-refractivity contribution < 1.29 is 10.0 Å². The van der Waals surface area contributed by atoms with Crippen LogP contribution < -0.4 is 5.46 Å². The molecule has 2 rings (SSSR count). The van der Waals surface area contributed by atoms with Gasteiger partial charge in [-0.3, -0.25) is 0 Å². The van der Waals surface area contributed by atoms with Gasteiger partial charge in [0.1, 0.15) is 0 Å². The summed E-state index contributed by atoms with van der Waals surface area (Å²) < 4.78 is 0. The molecule has 0 spiro atoms. The standard InChI is InChI=1S/C14H15BO2S/c1-11-5-7-14(8-6-11)18-10-12-3-2-4-13(9-12)15(16)17/h2-9,16-17H,10H2,1H3. The zero-order valence-corrected chi connectivity index (χ0v) is 11.0. The van der Waals surface area contributed by atoms with Crippen LogP contribution in [-0.4, -0.2) is 17.2 Å². The summed E-state index contributed by atoms with van der Waals surface area (Å²) in [5.41, 5.74) is 2.88. The molecule has 0 fully saturated rings. The minimum Gasteiger partial charge on any atom is -0.423 e. The normalized spacial score (nSPS) is 10.4. The fourth-order valence-electron chi connectivity index (χ4n) is 1.64. The average molecular weight is 258 g/mol. The van der Waals surface area contributed by atoms with Gasteiger partial charge < -0.3 is 10.0 Å². The lowest BCUT2D eigenvalue weighted by atomic mass is 9.80. The molecule has 0 atom stereocenters. The highest BCUT2D eigenvalue weighted by atomic mass is 32.2. The summed E-state index contributed by atoms with van der Waals surface area (Å²) in [6, 6.07) is 15.8. The van der Waals surface area contributed by atoms with Gasteiger partial charge in [0.2, 0.25) is 0 Å². The fourth-order valence-corrected chi connectivity index (χ4v) is 2.49. The second-order valence-electron chi connectivity index (χ2n) is 4.22. The van der Waals surface area contributed by atoms with Gasteiger partial charge in [-0.25, -0.2) is 0 Å². The molecule has 0 aliphatic heterocycles. The molecule has 0 aromatic heterocycles. The largest absolute Gasteiger partial charge is 0.488 e. The van der Waals surface area contributed by atoms with E-state index in [1.165, 1.54) is 10.5 Å². The van der Waals surface area contributed by atoms with E-state index in [0.717, 1.165) is 11.3 Å². The number of hydrogen-bond acceptors (Lipinski definition) is 3. The highest BCUT2D eigenvalue weighted by molar-refractivity contribution is 7.98. The molecule has 2 aromatic rings. The van der Waals surface area contributed by atoms with Crippen LogP contribution in [0.4, 0.5) is 0 Å². The predicted molar refractivity (Wildman–Crippen MR) is 77.0 cm³/mol. The van der Waals surface area contributed by atoms with Crippen LogP contribution in [0.15, 0.2) is 53.4 Å². The maximum absolute atomic E-state index is 9.11. The fraction of sp³-hybridized carbons (Fsp3) is 0.143. The van der Waals surface area contributed by atoms with E-state index < -0.39 is 7.12 Å². The van der Waals surface area contributed by atoms with Crippen molar-refractivity contribution in [2.45, 2.75) is 17.6 Å². The van der Waals surface area contributed by atoms with Crippen LogP contribution in [0.25, 0.3) is 0 Å². The molecule has 2 aromatic carbocycles. The molecule has 0 aliphatic rings. The minimum atomic E-state index is -1.39. The number of hydrogen-bond donors (Lipinski definition) is 2. The van der Waals surface area contributed by atoms with Gasteiger partial charge in [0.25, 0.3) is 0 Å². The van der Waals surface area contributed by atoms with Crippen LogP contribution in [0.3, 0.4) is 0 Å². The lowest BCUT2D eigenvalue weighted by Crippen LogP contribution is -2.29. The van der Waals surface area contributed by atoms with Crippen LogP contribution in [-0.2, 0) is 5.75 Å². The number of thioether (sulfide) groups is 1. The molecular formula is C14H15BO2S. The Kier molecular flexibility index (Phi) is 4.47. The second kappa shape index (κ2) is 6.09. The van der Waals surface area contributed by atoms with E-state index in [1.54, 1.807) is 17.8 Å². The predicted octanol–water partition coefficient (Wildman–Crippen LogP) is 1.97. The molecule has 0 amide bonds. The summed E-state index contributed by atoms with van der Waals surface area (Å²) in [7, 11) is -1.39. The van der Waals surface area contributed by atoms with Gasteiger partial charge in [0, 0.05) is 10.6 Å². The molecule has 92 valence electrons. The average Bonchev–Trinajstić information content (AvgIpc) is 2.38. The van der Waals surface area contributed by atoms with E-state index in [9.17, 15) is 0 Å². The van der Waals surface area contributed by atoms with Gasteiger partial charge in [-0.2, -0.15) is 0 Å². The van der Waals surface area contributed by atoms with Crippen LogP contribution >= 0.6 is 11.8 Å². The molecule has 0 aliphatic carbocycles. The van der Waals surface area contributed by atoms with E-state index >= 15 is 0 Å². The van der Waals surface area contributed by atoms with Gasteiger partial charge in [0.15, 0.2) is 0 Å². The van der Waals surface area contributed by atoms with Crippen molar-refractivity contribution in [2.75, 3.05) is 0 Å². The third-order valence-electron chi connectivity index (χ3n) is 2.68. The van der Waals surface area contributed by atoms with Crippen LogP contribution in [0.2, 0.25) is 0 Å². The highest BCUT2D eigenvalue weighted by Gasteiger charge is 2.10. The Hall–Kier alpha value is -1.23. The zero-order chi connectivity index (χ0) is 13.0. The molecule has 2 nitrogen and oxygen atoms in total. The lowest BCUT2D eigenvalue weighted by Gasteiger charge is -2.05. The molecule has 2 N–H and O–H groups in total. The van der Waals surface area contributed by atoms with Crippen LogP contribution in [0.5, 0.6) is 0 Å². The topological polar surface area (TPSA) is 40.5 Å². The van der Waals surface area contributed by atoms with Gasteiger partial charge in [-0.1, -0.05) is 42.0 Å². The Bertz CT molecular complexity index is 511. The second-order valence-corrected chi connectivity index (χ2v) is 5.27. The van der Waals surface area contributed by atoms with Crippen LogP contribution in [0, 0.1) is 6.92 Å². The van der Waals surface area contributed by atoms with Crippen molar-refractivity contribution in [3.05, 3.63) is 59.7 Å². The third kappa shape index (κ3) is 3.63. The van der Waals surface area contributed by atoms with E-state index in [-0.39, 0.29) is 0 Å². The summed E-state index contributed by atoms with van der Waals surface area (Å²) in [5.74, 6) is 0.823. The summed E-state index contributed by atoms with van der Waals surface area (Å²) in [4.78, 5) is 1.22. The van der Waals surface area contributed by atoms with Crippen molar-refractivity contribution in [2.24, 2.45) is 0 Å². The van der Waals surface area contributed by atoms with E-state index in [0.29, 0.717) is 5.46 Å². The van der Waals surface area contributed by atoms with Crippen molar-refractivity contribution in [1.82, 2.24) is 0 Å². The minimum absolute atomic E-state index is 0.539. The maximum atomic E-state index is 9.11. The van der Waals surface area contributed by atoms with E-state index in [2.05, 4.69) is 31.2 Å². The monoisotopic (exact) mass is 258 g/mol. The van der Waals surface area contributed by atoms with Gasteiger partial charge >= 0.3 is 7.12 Å². The molecule has 0 radical (unpaired) electrons. The smallest absolute Gasteiger partial charge is 0.423 e. The lowest BCUT2D eigenvalue weighted by molar-refractivity contribution is 0.425. The molecule has 0 saturated heterocycles. The van der Waals surface area contributed by atoms with Gasteiger partial charge in [0.05, 0.1) is 0 Å². The highest BCUT2D eigenvalue weighted by Crippen LogP contribution is 2.22. The number of benzene rings is 2. The van der Waals surface area contributed by atoms with Gasteiger partial charge in [-0.05, 0) is 30.1 Å². The molecular weight excluding hydrogens is 243 g/mol. The van der Waals surface area contributed by atoms with Gasteiger partial charge in [-0.15, -0.1) is 11.8 Å². The van der Waals surface area contributed by atoms with E-state index in [1.807, 2.05) is 18.2 Å².